The Labute approximate surface area is 172 Å². The van der Waals surface area contributed by atoms with Crippen molar-refractivity contribution in [2.45, 2.75) is 51.3 Å². The third kappa shape index (κ3) is 6.84. The molecule has 0 radical (unpaired) electrons. The maximum atomic E-state index is 13.7. The Morgan fingerprint density at radius 2 is 1.72 bits per heavy atom. The van der Waals surface area contributed by atoms with Crippen molar-refractivity contribution in [1.82, 2.24) is 10.2 Å². The van der Waals surface area contributed by atoms with Gasteiger partial charge in [-0.05, 0) is 57.4 Å². The van der Waals surface area contributed by atoms with E-state index in [4.69, 9.17) is 0 Å². The first-order valence-corrected chi connectivity index (χ1v) is 9.88. The molecule has 2 atom stereocenters. The monoisotopic (exact) mass is 402 g/mol. The lowest BCUT2D eigenvalue weighted by Crippen LogP contribution is -2.58. The van der Waals surface area contributed by atoms with E-state index >= 15 is 0 Å². The van der Waals surface area contributed by atoms with E-state index in [1.54, 1.807) is 18.2 Å². The molecule has 2 rings (SSSR count). The van der Waals surface area contributed by atoms with Crippen molar-refractivity contribution in [3.63, 3.8) is 0 Å². The zero-order valence-corrected chi connectivity index (χ0v) is 17.3. The van der Waals surface area contributed by atoms with Crippen LogP contribution < -0.4 is 5.32 Å². The van der Waals surface area contributed by atoms with E-state index in [1.807, 2.05) is 51.1 Å². The summed E-state index contributed by atoms with van der Waals surface area (Å²) in [7, 11) is 0. The van der Waals surface area contributed by atoms with Gasteiger partial charge in [-0.1, -0.05) is 48.5 Å². The van der Waals surface area contributed by atoms with Gasteiger partial charge in [-0.15, -0.1) is 0 Å². The summed E-state index contributed by atoms with van der Waals surface area (Å²) in [6.07, 6.45) is -1.08. The van der Waals surface area contributed by atoms with Crippen LogP contribution in [0.25, 0.3) is 0 Å². The second-order valence-corrected chi connectivity index (χ2v) is 8.19. The molecule has 6 heteroatoms. The van der Waals surface area contributed by atoms with E-state index in [1.165, 1.54) is 11.0 Å². The van der Waals surface area contributed by atoms with Crippen LogP contribution in [0.15, 0.2) is 54.6 Å². The van der Waals surface area contributed by atoms with E-state index in [0.717, 1.165) is 5.56 Å². The summed E-state index contributed by atoms with van der Waals surface area (Å²) in [5.41, 5.74) is 0.898. The van der Waals surface area contributed by atoms with Gasteiger partial charge in [-0.2, -0.15) is 0 Å². The van der Waals surface area contributed by atoms with Crippen molar-refractivity contribution in [3.05, 3.63) is 71.5 Å². The number of aliphatic hydroxyl groups is 1. The number of benzene rings is 2. The Bertz CT molecular complexity index is 777. The zero-order valence-electron chi connectivity index (χ0n) is 17.3. The predicted octanol–water partition coefficient (Wildman–Crippen LogP) is 3.71. The summed E-state index contributed by atoms with van der Waals surface area (Å²) < 4.78 is 13.7. The van der Waals surface area contributed by atoms with Crippen molar-refractivity contribution in [2.75, 3.05) is 13.1 Å². The molecule has 3 N–H and O–H groups in total. The maximum absolute atomic E-state index is 13.7. The second kappa shape index (κ2) is 10.4. The minimum absolute atomic E-state index is 0.214. The fraction of sp³-hybridized carbons (Fsp3) is 0.435. The number of rotatable bonds is 9. The number of halogens is 1. The van der Waals surface area contributed by atoms with Crippen LogP contribution in [0.3, 0.4) is 0 Å². The molecule has 1 amide bonds. The van der Waals surface area contributed by atoms with Gasteiger partial charge in [-0.3, -0.25) is 4.90 Å². The molecule has 0 aliphatic carbocycles. The summed E-state index contributed by atoms with van der Waals surface area (Å²) in [6, 6.07) is 15.5. The molecule has 0 unspecified atom stereocenters. The standard InChI is InChI=1S/C23H31FN2O3/c1-23(2,3)26(22(28)29)20(15-17-9-5-4-6-10-17)21(27)16-25-14-13-18-11-7-8-12-19(18)24/h4-12,20-21,25,27H,13-16H2,1-3H3,(H,28,29)/t20-,21+/m0/s1. The molecular weight excluding hydrogens is 371 g/mol. The summed E-state index contributed by atoms with van der Waals surface area (Å²) in [4.78, 5) is 13.3. The molecule has 158 valence electrons. The molecule has 0 spiro atoms. The third-order valence-electron chi connectivity index (χ3n) is 4.87. The molecule has 0 aliphatic heterocycles. The molecular formula is C23H31FN2O3. The minimum atomic E-state index is -1.07. The SMILES string of the molecule is CC(C)(C)N(C(=O)O)[C@@H](Cc1ccccc1)[C@H](O)CNCCc1ccccc1F. The topological polar surface area (TPSA) is 72.8 Å². The molecule has 29 heavy (non-hydrogen) atoms. The highest BCUT2D eigenvalue weighted by Gasteiger charge is 2.37. The average Bonchev–Trinajstić information content (AvgIpc) is 2.65. The zero-order chi connectivity index (χ0) is 21.4. The van der Waals surface area contributed by atoms with Gasteiger partial charge < -0.3 is 15.5 Å². The summed E-state index contributed by atoms with van der Waals surface area (Å²) in [5, 5.41) is 23.8. The van der Waals surface area contributed by atoms with Crippen molar-refractivity contribution in [2.24, 2.45) is 0 Å². The molecule has 2 aromatic carbocycles. The van der Waals surface area contributed by atoms with Crippen LogP contribution in [-0.2, 0) is 12.8 Å². The summed E-state index contributed by atoms with van der Waals surface area (Å²) in [5.74, 6) is -0.249. The Morgan fingerprint density at radius 1 is 1.10 bits per heavy atom. The van der Waals surface area contributed by atoms with Crippen LogP contribution in [0.1, 0.15) is 31.9 Å². The molecule has 5 nitrogen and oxygen atoms in total. The van der Waals surface area contributed by atoms with Gasteiger partial charge in [-0.25, -0.2) is 9.18 Å². The van der Waals surface area contributed by atoms with Crippen molar-refractivity contribution in [3.8, 4) is 0 Å². The fourth-order valence-corrected chi connectivity index (χ4v) is 3.49. The van der Waals surface area contributed by atoms with Crippen LogP contribution in [0.4, 0.5) is 9.18 Å². The first kappa shape index (κ1) is 22.8. The smallest absolute Gasteiger partial charge is 0.408 e. The highest BCUT2D eigenvalue weighted by atomic mass is 19.1. The van der Waals surface area contributed by atoms with Gasteiger partial charge in [0, 0.05) is 12.1 Å². The van der Waals surface area contributed by atoms with Crippen LogP contribution in [-0.4, -0.2) is 52.0 Å². The van der Waals surface area contributed by atoms with Gasteiger partial charge in [0.05, 0.1) is 12.1 Å². The quantitative estimate of drug-likeness (QED) is 0.559. The first-order valence-electron chi connectivity index (χ1n) is 9.88. The van der Waals surface area contributed by atoms with Crippen LogP contribution in [0, 0.1) is 5.82 Å². The van der Waals surface area contributed by atoms with E-state index in [2.05, 4.69) is 5.32 Å². The van der Waals surface area contributed by atoms with E-state index in [-0.39, 0.29) is 12.4 Å². The predicted molar refractivity (Wildman–Crippen MR) is 113 cm³/mol. The maximum Gasteiger partial charge on any atom is 0.408 e. The number of aliphatic hydroxyl groups excluding tert-OH is 1. The van der Waals surface area contributed by atoms with Crippen molar-refractivity contribution >= 4 is 6.09 Å². The van der Waals surface area contributed by atoms with Crippen LogP contribution in [0.5, 0.6) is 0 Å². The molecule has 0 saturated carbocycles. The first-order chi connectivity index (χ1) is 13.7. The summed E-state index contributed by atoms with van der Waals surface area (Å²) in [6.45, 7) is 6.15. The minimum Gasteiger partial charge on any atom is -0.465 e. The lowest BCUT2D eigenvalue weighted by Gasteiger charge is -2.42. The second-order valence-electron chi connectivity index (χ2n) is 8.19. The number of hydrogen-bond donors (Lipinski definition) is 3. The fourth-order valence-electron chi connectivity index (χ4n) is 3.49. The van der Waals surface area contributed by atoms with Crippen molar-refractivity contribution in [1.29, 1.82) is 0 Å². The van der Waals surface area contributed by atoms with Gasteiger partial charge in [0.25, 0.3) is 0 Å². The van der Waals surface area contributed by atoms with Gasteiger partial charge in [0.15, 0.2) is 0 Å². The Hall–Kier alpha value is -2.44. The van der Waals surface area contributed by atoms with E-state index in [9.17, 15) is 19.4 Å². The van der Waals surface area contributed by atoms with E-state index < -0.39 is 23.8 Å². The number of nitrogens with one attached hydrogen (secondary N) is 1. The van der Waals surface area contributed by atoms with E-state index in [0.29, 0.717) is 24.9 Å². The van der Waals surface area contributed by atoms with Crippen LogP contribution in [0.2, 0.25) is 0 Å². The number of carboxylic acid groups (broad SMARTS) is 1. The van der Waals surface area contributed by atoms with Crippen molar-refractivity contribution < 1.29 is 19.4 Å². The Balaban J connectivity index is 2.06. The average molecular weight is 403 g/mol. The number of amides is 1. The molecule has 2 aromatic rings. The lowest BCUT2D eigenvalue weighted by molar-refractivity contribution is 0.00792. The molecule has 0 heterocycles. The Morgan fingerprint density at radius 3 is 2.31 bits per heavy atom. The van der Waals surface area contributed by atoms with Gasteiger partial charge in [0.1, 0.15) is 5.82 Å². The van der Waals surface area contributed by atoms with Crippen LogP contribution >= 0.6 is 0 Å². The lowest BCUT2D eigenvalue weighted by atomic mass is 9.94. The number of nitrogens with zero attached hydrogens (tertiary/aromatic N) is 1. The highest BCUT2D eigenvalue weighted by molar-refractivity contribution is 5.66. The van der Waals surface area contributed by atoms with Gasteiger partial charge >= 0.3 is 6.09 Å². The Kier molecular flexibility index (Phi) is 8.17. The molecule has 0 bridgehead atoms. The molecule has 0 saturated heterocycles. The third-order valence-corrected chi connectivity index (χ3v) is 4.87. The largest absolute Gasteiger partial charge is 0.465 e. The highest BCUT2D eigenvalue weighted by Crippen LogP contribution is 2.22. The molecule has 0 aromatic heterocycles. The normalized spacial score (nSPS) is 13.7. The summed E-state index contributed by atoms with van der Waals surface area (Å²) >= 11 is 0. The number of hydrogen-bond acceptors (Lipinski definition) is 3. The molecule has 0 fully saturated rings. The van der Waals surface area contributed by atoms with Gasteiger partial charge in [0.2, 0.25) is 0 Å². The molecule has 0 aliphatic rings. The number of carbonyl (C=O) groups is 1.